The molecule has 2 saturated heterocycles. The zero-order valence-corrected chi connectivity index (χ0v) is 13.2. The lowest BCUT2D eigenvalue weighted by atomic mass is 9.97. The summed E-state index contributed by atoms with van der Waals surface area (Å²) in [6.45, 7) is 6.04. The molecule has 120 valence electrons. The topological polar surface area (TPSA) is 66.5 Å². The van der Waals surface area contributed by atoms with Crippen LogP contribution in [-0.2, 0) is 4.74 Å². The normalized spacial score (nSPS) is 27.6. The van der Waals surface area contributed by atoms with Gasteiger partial charge in [0.2, 0.25) is 0 Å². The van der Waals surface area contributed by atoms with E-state index in [1.807, 2.05) is 36.9 Å². The molecule has 2 fully saturated rings. The van der Waals surface area contributed by atoms with Gasteiger partial charge < -0.3 is 20.3 Å². The summed E-state index contributed by atoms with van der Waals surface area (Å²) in [7, 11) is 0. The van der Waals surface area contributed by atoms with Crippen LogP contribution in [0, 0.1) is 0 Å². The van der Waals surface area contributed by atoms with Crippen LogP contribution in [0.1, 0.15) is 26.7 Å². The number of ether oxygens (including phenoxy) is 1. The minimum absolute atomic E-state index is 0.0108. The number of nitrogens with one attached hydrogen (secondary N) is 2. The van der Waals surface area contributed by atoms with Gasteiger partial charge in [0.05, 0.1) is 24.8 Å². The molecule has 2 unspecified atom stereocenters. The average molecular weight is 304 g/mol. The van der Waals surface area contributed by atoms with Crippen molar-refractivity contribution in [3.8, 4) is 0 Å². The summed E-state index contributed by atoms with van der Waals surface area (Å²) in [6, 6.07) is 6.25. The zero-order valence-electron chi connectivity index (χ0n) is 13.2. The maximum Gasteiger partial charge on any atom is 0.317 e. The second kappa shape index (κ2) is 6.12. The fourth-order valence-corrected chi connectivity index (χ4v) is 3.23. The summed E-state index contributed by atoms with van der Waals surface area (Å²) < 4.78 is 6.06. The van der Waals surface area contributed by atoms with Gasteiger partial charge in [0.25, 0.3) is 0 Å². The first-order valence-corrected chi connectivity index (χ1v) is 7.93. The molecule has 1 aromatic rings. The van der Waals surface area contributed by atoms with Gasteiger partial charge in [0.15, 0.2) is 0 Å². The van der Waals surface area contributed by atoms with Gasteiger partial charge in [-0.25, -0.2) is 9.78 Å². The van der Waals surface area contributed by atoms with E-state index in [-0.39, 0.29) is 23.7 Å². The van der Waals surface area contributed by atoms with Gasteiger partial charge in [0.1, 0.15) is 5.82 Å². The third kappa shape index (κ3) is 3.32. The molecule has 0 aliphatic carbocycles. The molecule has 3 rings (SSSR count). The number of carbonyl (C=O) groups excluding carboxylic acids is 1. The van der Waals surface area contributed by atoms with Gasteiger partial charge in [-0.1, -0.05) is 6.07 Å². The third-order valence-corrected chi connectivity index (χ3v) is 4.24. The Hall–Kier alpha value is -1.82. The molecule has 2 aliphatic heterocycles. The fraction of sp³-hybridized carbons (Fsp3) is 0.625. The number of aromatic nitrogens is 1. The van der Waals surface area contributed by atoms with Crippen LogP contribution in [-0.4, -0.2) is 53.3 Å². The number of amides is 2. The van der Waals surface area contributed by atoms with Gasteiger partial charge >= 0.3 is 6.03 Å². The summed E-state index contributed by atoms with van der Waals surface area (Å²) in [5.74, 6) is 0.876. The highest BCUT2D eigenvalue weighted by atomic mass is 16.5. The van der Waals surface area contributed by atoms with Crippen molar-refractivity contribution in [1.29, 1.82) is 0 Å². The Labute approximate surface area is 131 Å². The number of anilines is 1. The van der Waals surface area contributed by atoms with E-state index in [0.717, 1.165) is 25.2 Å². The molecule has 6 heteroatoms. The first kappa shape index (κ1) is 15.1. The molecule has 2 aliphatic rings. The van der Waals surface area contributed by atoms with Gasteiger partial charge in [-0.15, -0.1) is 0 Å². The van der Waals surface area contributed by atoms with Gasteiger partial charge in [-0.2, -0.15) is 0 Å². The molecular weight excluding hydrogens is 280 g/mol. The number of pyridine rings is 1. The first-order chi connectivity index (χ1) is 10.6. The van der Waals surface area contributed by atoms with E-state index >= 15 is 0 Å². The smallest absolute Gasteiger partial charge is 0.317 e. The van der Waals surface area contributed by atoms with Crippen molar-refractivity contribution >= 4 is 11.8 Å². The Morgan fingerprint density at radius 2 is 2.36 bits per heavy atom. The van der Waals surface area contributed by atoms with Gasteiger partial charge in [-0.05, 0) is 32.4 Å². The van der Waals surface area contributed by atoms with Gasteiger partial charge in [-0.3, -0.25) is 0 Å². The molecule has 1 aromatic heterocycles. The second-order valence-electron chi connectivity index (χ2n) is 6.53. The maximum absolute atomic E-state index is 12.1. The van der Waals surface area contributed by atoms with Crippen LogP contribution >= 0.6 is 0 Å². The predicted octanol–water partition coefficient (Wildman–Crippen LogP) is 1.84. The number of nitrogens with zero attached hydrogens (tertiary/aromatic N) is 2. The van der Waals surface area contributed by atoms with Crippen molar-refractivity contribution in [2.45, 2.75) is 44.4 Å². The molecule has 0 bridgehead atoms. The number of hydrogen-bond acceptors (Lipinski definition) is 4. The molecule has 2 amide bonds. The number of hydrogen-bond donors (Lipinski definition) is 2. The summed E-state index contributed by atoms with van der Waals surface area (Å²) in [5.41, 5.74) is -0.194. The first-order valence-electron chi connectivity index (χ1n) is 7.93. The zero-order chi connectivity index (χ0) is 15.6. The van der Waals surface area contributed by atoms with Crippen molar-refractivity contribution in [2.24, 2.45) is 0 Å². The van der Waals surface area contributed by atoms with E-state index < -0.39 is 0 Å². The van der Waals surface area contributed by atoms with Gasteiger partial charge in [0, 0.05) is 25.2 Å². The molecule has 0 radical (unpaired) electrons. The van der Waals surface area contributed by atoms with E-state index in [0.29, 0.717) is 13.2 Å². The lowest BCUT2D eigenvalue weighted by molar-refractivity contribution is 0.0150. The number of likely N-dealkylation sites (tertiary alicyclic amines) is 1. The molecule has 2 atom stereocenters. The second-order valence-corrected chi connectivity index (χ2v) is 6.53. The van der Waals surface area contributed by atoms with Crippen LogP contribution in [0.25, 0.3) is 0 Å². The molecule has 6 nitrogen and oxygen atoms in total. The van der Waals surface area contributed by atoms with Crippen molar-refractivity contribution in [2.75, 3.05) is 25.0 Å². The minimum atomic E-state index is -0.194. The largest absolute Gasteiger partial charge is 0.371 e. The molecule has 2 N–H and O–H groups in total. The standard InChI is InChI=1S/C16H24N4O2/c1-12(2)18-15(21)20-8-6-16(11-20)9-13(10-22-16)19-14-5-3-4-7-17-14/h3-5,7,12-13H,6,8-11H2,1-2H3,(H,17,19)(H,18,21). The fourth-order valence-electron chi connectivity index (χ4n) is 3.23. The van der Waals surface area contributed by atoms with E-state index in [4.69, 9.17) is 4.74 Å². The van der Waals surface area contributed by atoms with Crippen LogP contribution in [0.4, 0.5) is 10.6 Å². The Bertz CT molecular complexity index is 522. The van der Waals surface area contributed by atoms with Crippen LogP contribution in [0.2, 0.25) is 0 Å². The lowest BCUT2D eigenvalue weighted by Crippen LogP contribution is -2.44. The quantitative estimate of drug-likeness (QED) is 0.894. The summed E-state index contributed by atoms with van der Waals surface area (Å²) in [5, 5.41) is 6.36. The lowest BCUT2D eigenvalue weighted by Gasteiger charge is -2.24. The predicted molar refractivity (Wildman–Crippen MR) is 84.8 cm³/mol. The van der Waals surface area contributed by atoms with Crippen molar-refractivity contribution in [1.82, 2.24) is 15.2 Å². The monoisotopic (exact) mass is 304 g/mol. The SMILES string of the molecule is CC(C)NC(=O)N1CCC2(CC(Nc3ccccn3)CO2)C1. The molecule has 1 spiro atoms. The minimum Gasteiger partial charge on any atom is -0.371 e. The van der Waals surface area contributed by atoms with Crippen LogP contribution in [0.15, 0.2) is 24.4 Å². The Balaban J connectivity index is 1.55. The average Bonchev–Trinajstić information content (AvgIpc) is 3.07. The maximum atomic E-state index is 12.1. The Morgan fingerprint density at radius 3 is 3.09 bits per heavy atom. The van der Waals surface area contributed by atoms with E-state index in [1.54, 1.807) is 6.20 Å². The van der Waals surface area contributed by atoms with Crippen LogP contribution < -0.4 is 10.6 Å². The highest BCUT2D eigenvalue weighted by molar-refractivity contribution is 5.75. The van der Waals surface area contributed by atoms with E-state index in [1.165, 1.54) is 0 Å². The number of carbonyl (C=O) groups is 1. The van der Waals surface area contributed by atoms with Crippen molar-refractivity contribution in [3.63, 3.8) is 0 Å². The Kier molecular flexibility index (Phi) is 4.20. The highest BCUT2D eigenvalue weighted by Crippen LogP contribution is 2.36. The summed E-state index contributed by atoms with van der Waals surface area (Å²) in [6.07, 6.45) is 3.59. The molecule has 3 heterocycles. The number of urea groups is 1. The van der Waals surface area contributed by atoms with E-state index in [9.17, 15) is 4.79 Å². The van der Waals surface area contributed by atoms with Crippen molar-refractivity contribution in [3.05, 3.63) is 24.4 Å². The Morgan fingerprint density at radius 1 is 1.50 bits per heavy atom. The third-order valence-electron chi connectivity index (χ3n) is 4.24. The van der Waals surface area contributed by atoms with Crippen molar-refractivity contribution < 1.29 is 9.53 Å². The molecular formula is C16H24N4O2. The summed E-state index contributed by atoms with van der Waals surface area (Å²) >= 11 is 0. The van der Waals surface area contributed by atoms with E-state index in [2.05, 4.69) is 15.6 Å². The highest BCUT2D eigenvalue weighted by Gasteiger charge is 2.46. The van der Waals surface area contributed by atoms with Crippen LogP contribution in [0.5, 0.6) is 0 Å². The molecule has 22 heavy (non-hydrogen) atoms. The molecule has 0 saturated carbocycles. The number of rotatable bonds is 3. The molecule has 0 aromatic carbocycles. The van der Waals surface area contributed by atoms with Crippen LogP contribution in [0.3, 0.4) is 0 Å². The summed E-state index contributed by atoms with van der Waals surface area (Å²) in [4.78, 5) is 18.3.